The fourth-order valence-corrected chi connectivity index (χ4v) is 3.91. The molecule has 9 heteroatoms. The Morgan fingerprint density at radius 3 is 2.59 bits per heavy atom. The first-order valence-electron chi connectivity index (χ1n) is 7.71. The van der Waals surface area contributed by atoms with Gasteiger partial charge in [0.1, 0.15) is 16.6 Å². The molecule has 1 aliphatic rings. The van der Waals surface area contributed by atoms with Crippen LogP contribution in [0.2, 0.25) is 0 Å². The fraction of sp³-hybridized carbons (Fsp3) is 0. The summed E-state index contributed by atoms with van der Waals surface area (Å²) in [6.45, 7) is 0. The van der Waals surface area contributed by atoms with E-state index in [2.05, 4.69) is 20.5 Å². The van der Waals surface area contributed by atoms with Crippen LogP contribution in [0.4, 0.5) is 13.9 Å². The van der Waals surface area contributed by atoms with Gasteiger partial charge in [-0.2, -0.15) is 4.99 Å². The van der Waals surface area contributed by atoms with E-state index in [0.29, 0.717) is 31.3 Å². The second-order valence-electron chi connectivity index (χ2n) is 5.44. The third kappa shape index (κ3) is 4.09. The van der Waals surface area contributed by atoms with Gasteiger partial charge in [-0.3, -0.25) is 4.79 Å². The van der Waals surface area contributed by atoms with Crippen molar-refractivity contribution in [3.8, 4) is 10.6 Å². The van der Waals surface area contributed by atoms with Crippen LogP contribution in [0.5, 0.6) is 0 Å². The summed E-state index contributed by atoms with van der Waals surface area (Å²) < 4.78 is 26.6. The summed E-state index contributed by atoms with van der Waals surface area (Å²) in [5.41, 5.74) is 1.19. The van der Waals surface area contributed by atoms with Gasteiger partial charge in [0, 0.05) is 5.56 Å². The van der Waals surface area contributed by atoms with Gasteiger partial charge in [-0.15, -0.1) is 10.2 Å². The molecule has 5 nitrogen and oxygen atoms in total. The number of rotatable bonds is 3. The van der Waals surface area contributed by atoms with Crippen LogP contribution in [0, 0.1) is 11.6 Å². The van der Waals surface area contributed by atoms with Gasteiger partial charge in [0.15, 0.2) is 5.17 Å². The number of hydrogen-bond acceptors (Lipinski definition) is 6. The summed E-state index contributed by atoms with van der Waals surface area (Å²) in [7, 11) is 0. The van der Waals surface area contributed by atoms with Crippen molar-refractivity contribution >= 4 is 45.4 Å². The number of hydrogen-bond donors (Lipinski definition) is 1. The smallest absolute Gasteiger partial charge is 0.264 e. The van der Waals surface area contributed by atoms with Crippen LogP contribution >= 0.6 is 23.1 Å². The lowest BCUT2D eigenvalue weighted by Crippen LogP contribution is -2.19. The number of nitrogens with zero attached hydrogens (tertiary/aromatic N) is 3. The van der Waals surface area contributed by atoms with E-state index in [1.807, 2.05) is 0 Å². The zero-order chi connectivity index (χ0) is 18.8. The molecule has 1 aliphatic heterocycles. The van der Waals surface area contributed by atoms with Crippen LogP contribution < -0.4 is 5.32 Å². The maximum Gasteiger partial charge on any atom is 0.264 e. The Kier molecular flexibility index (Phi) is 4.78. The highest BCUT2D eigenvalue weighted by molar-refractivity contribution is 8.18. The lowest BCUT2D eigenvalue weighted by atomic mass is 10.2. The number of benzene rings is 2. The second-order valence-corrected chi connectivity index (χ2v) is 7.42. The topological polar surface area (TPSA) is 67.2 Å². The zero-order valence-electron chi connectivity index (χ0n) is 13.5. The molecule has 1 amide bonds. The average molecular weight is 400 g/mol. The van der Waals surface area contributed by atoms with Gasteiger partial charge in [-0.1, -0.05) is 35.6 Å². The highest BCUT2D eigenvalue weighted by Crippen LogP contribution is 2.32. The maximum atomic E-state index is 13.3. The molecule has 1 fully saturated rings. The molecule has 0 aliphatic carbocycles. The molecule has 0 spiro atoms. The molecular formula is C18H10F2N4OS2. The molecule has 134 valence electrons. The zero-order valence-corrected chi connectivity index (χ0v) is 15.2. The third-order valence-corrected chi connectivity index (χ3v) is 5.26. The number of carbonyl (C=O) groups excluding carboxylic acids is 1. The summed E-state index contributed by atoms with van der Waals surface area (Å²) in [6, 6.07) is 12.0. The van der Waals surface area contributed by atoms with E-state index < -0.39 is 0 Å². The number of carbonyl (C=O) groups is 1. The lowest BCUT2D eigenvalue weighted by molar-refractivity contribution is -0.115. The predicted octanol–water partition coefficient (Wildman–Crippen LogP) is 4.37. The van der Waals surface area contributed by atoms with E-state index in [9.17, 15) is 13.6 Å². The van der Waals surface area contributed by atoms with E-state index in [0.717, 1.165) is 11.8 Å². The van der Waals surface area contributed by atoms with Crippen molar-refractivity contribution in [3.63, 3.8) is 0 Å². The van der Waals surface area contributed by atoms with E-state index in [1.165, 1.54) is 35.6 Å². The number of thioether (sulfide) groups is 1. The molecule has 2 heterocycles. The molecule has 27 heavy (non-hydrogen) atoms. The van der Waals surface area contributed by atoms with Gasteiger partial charge in [0.25, 0.3) is 5.91 Å². The van der Waals surface area contributed by atoms with Crippen molar-refractivity contribution in [2.24, 2.45) is 4.99 Å². The van der Waals surface area contributed by atoms with Crippen molar-refractivity contribution in [3.05, 3.63) is 70.6 Å². The minimum atomic E-state index is -0.375. The number of amides is 1. The van der Waals surface area contributed by atoms with Crippen molar-refractivity contribution in [1.82, 2.24) is 15.5 Å². The quantitative estimate of drug-likeness (QED) is 0.663. The van der Waals surface area contributed by atoms with Crippen molar-refractivity contribution in [1.29, 1.82) is 0 Å². The molecule has 0 bridgehead atoms. The lowest BCUT2D eigenvalue weighted by Gasteiger charge is -1.94. The third-order valence-electron chi connectivity index (χ3n) is 3.48. The van der Waals surface area contributed by atoms with E-state index >= 15 is 0 Å². The maximum absolute atomic E-state index is 13.3. The molecule has 1 N–H and O–H groups in total. The van der Waals surface area contributed by atoms with E-state index in [4.69, 9.17) is 0 Å². The number of halogens is 2. The highest BCUT2D eigenvalue weighted by Gasteiger charge is 2.24. The molecule has 0 radical (unpaired) electrons. The number of aliphatic imine (C=N–C) groups is 1. The molecule has 2 aromatic carbocycles. The highest BCUT2D eigenvalue weighted by atomic mass is 32.2. The summed E-state index contributed by atoms with van der Waals surface area (Å²) >= 11 is 2.31. The van der Waals surface area contributed by atoms with Gasteiger partial charge in [-0.05, 0) is 47.7 Å². The van der Waals surface area contributed by atoms with Crippen LogP contribution in [-0.2, 0) is 4.79 Å². The van der Waals surface area contributed by atoms with Crippen LogP contribution in [0.15, 0.2) is 58.4 Å². The van der Waals surface area contributed by atoms with Gasteiger partial charge < -0.3 is 5.32 Å². The van der Waals surface area contributed by atoms with Crippen LogP contribution in [0.1, 0.15) is 5.56 Å². The second kappa shape index (κ2) is 7.37. The fourth-order valence-electron chi connectivity index (χ4n) is 2.31. The first kappa shape index (κ1) is 17.5. The Morgan fingerprint density at radius 2 is 1.81 bits per heavy atom. The Labute approximate surface area is 160 Å². The number of amidine groups is 1. The van der Waals surface area contributed by atoms with Crippen LogP contribution in [-0.4, -0.2) is 21.3 Å². The minimum absolute atomic E-state index is 0.321. The summed E-state index contributed by atoms with van der Waals surface area (Å²) in [6.07, 6.45) is 1.59. The predicted molar refractivity (Wildman–Crippen MR) is 103 cm³/mol. The molecule has 3 aromatic rings. The largest absolute Gasteiger partial charge is 0.300 e. The molecule has 0 unspecified atom stereocenters. The Hall–Kier alpha value is -2.91. The van der Waals surface area contributed by atoms with Gasteiger partial charge in [0.05, 0.1) is 4.91 Å². The Morgan fingerprint density at radius 1 is 1.04 bits per heavy atom. The van der Waals surface area contributed by atoms with Crippen LogP contribution in [0.25, 0.3) is 16.6 Å². The van der Waals surface area contributed by atoms with E-state index in [1.54, 1.807) is 30.3 Å². The molecule has 4 rings (SSSR count). The van der Waals surface area contributed by atoms with Gasteiger partial charge in [0.2, 0.25) is 5.13 Å². The Bertz CT molecular complexity index is 1090. The average Bonchev–Trinajstić information content (AvgIpc) is 3.22. The van der Waals surface area contributed by atoms with Crippen LogP contribution in [0.3, 0.4) is 0 Å². The number of aromatic nitrogens is 2. The number of nitrogens with one attached hydrogen (secondary N) is 1. The molecule has 0 atom stereocenters. The Balaban J connectivity index is 1.55. The van der Waals surface area contributed by atoms with E-state index in [-0.39, 0.29) is 17.5 Å². The van der Waals surface area contributed by atoms with Crippen molar-refractivity contribution < 1.29 is 13.6 Å². The summed E-state index contributed by atoms with van der Waals surface area (Å²) in [5.74, 6) is -1.06. The first-order valence-corrected chi connectivity index (χ1v) is 9.35. The molecule has 1 aromatic heterocycles. The van der Waals surface area contributed by atoms with Crippen molar-refractivity contribution in [2.75, 3.05) is 0 Å². The van der Waals surface area contributed by atoms with Gasteiger partial charge >= 0.3 is 0 Å². The standard InChI is InChI=1S/C18H10F2N4OS2/c19-12-5-1-3-10(7-12)8-14-15(25)21-17(26-14)22-18-24-23-16(27-18)11-4-2-6-13(20)9-11/h1-9H,(H,21,22,24,25). The summed E-state index contributed by atoms with van der Waals surface area (Å²) in [5, 5.41) is 11.8. The normalized spacial score (nSPS) is 16.9. The van der Waals surface area contributed by atoms with Crippen molar-refractivity contribution in [2.45, 2.75) is 0 Å². The monoisotopic (exact) mass is 400 g/mol. The molecule has 0 saturated carbocycles. The molecular weight excluding hydrogens is 390 g/mol. The minimum Gasteiger partial charge on any atom is -0.300 e. The first-order chi connectivity index (χ1) is 13.1. The summed E-state index contributed by atoms with van der Waals surface area (Å²) in [4.78, 5) is 16.7. The molecule has 1 saturated heterocycles. The SMILES string of the molecule is O=C1NC(=Nc2nnc(-c3cccc(F)c3)s2)SC1=Cc1cccc(F)c1. The van der Waals surface area contributed by atoms with Gasteiger partial charge in [-0.25, -0.2) is 8.78 Å².